The highest BCUT2D eigenvalue weighted by Crippen LogP contribution is 2.19. The van der Waals surface area contributed by atoms with Crippen molar-refractivity contribution in [2.24, 2.45) is 0 Å². The first-order valence-electron chi connectivity index (χ1n) is 7.02. The maximum atomic E-state index is 6.00. The van der Waals surface area contributed by atoms with E-state index in [-0.39, 0.29) is 5.28 Å². The van der Waals surface area contributed by atoms with Gasteiger partial charge in [0.25, 0.3) is 0 Å². The minimum atomic E-state index is 0.223. The Kier molecular flexibility index (Phi) is 4.15. The van der Waals surface area contributed by atoms with Crippen LogP contribution in [0.4, 0.5) is 11.9 Å². The fourth-order valence-electron chi connectivity index (χ4n) is 2.35. The van der Waals surface area contributed by atoms with Crippen molar-refractivity contribution >= 4 is 23.5 Å². The number of anilines is 2. The van der Waals surface area contributed by atoms with E-state index < -0.39 is 0 Å². The lowest BCUT2D eigenvalue weighted by Gasteiger charge is -2.16. The minimum absolute atomic E-state index is 0.223. The summed E-state index contributed by atoms with van der Waals surface area (Å²) in [7, 11) is 0. The molecular formula is C14H17ClN6. The molecular weight excluding hydrogens is 288 g/mol. The molecule has 1 fully saturated rings. The highest BCUT2D eigenvalue weighted by Gasteiger charge is 2.16. The smallest absolute Gasteiger partial charge is 0.231 e. The lowest BCUT2D eigenvalue weighted by molar-refractivity contribution is 0.875. The fourth-order valence-corrected chi connectivity index (χ4v) is 2.51. The Hall–Kier alpha value is -1.95. The molecule has 0 saturated carbocycles. The maximum absolute atomic E-state index is 6.00. The summed E-state index contributed by atoms with van der Waals surface area (Å²) in [6, 6.07) is 1.98. The van der Waals surface area contributed by atoms with E-state index in [0.717, 1.165) is 24.2 Å². The lowest BCUT2D eigenvalue weighted by atomic mass is 10.1. The summed E-state index contributed by atoms with van der Waals surface area (Å²) >= 11 is 6.00. The summed E-state index contributed by atoms with van der Waals surface area (Å²) in [6.45, 7) is 4.61. The van der Waals surface area contributed by atoms with Crippen molar-refractivity contribution in [1.82, 2.24) is 19.9 Å². The van der Waals surface area contributed by atoms with Crippen LogP contribution in [-0.2, 0) is 6.54 Å². The molecule has 110 valence electrons. The molecule has 0 radical (unpaired) electrons. The number of hydrogen-bond acceptors (Lipinski definition) is 6. The molecule has 2 aromatic heterocycles. The number of halogens is 1. The van der Waals surface area contributed by atoms with Crippen molar-refractivity contribution in [2.75, 3.05) is 23.3 Å². The van der Waals surface area contributed by atoms with Crippen molar-refractivity contribution in [3.63, 3.8) is 0 Å². The van der Waals surface area contributed by atoms with Crippen molar-refractivity contribution in [3.8, 4) is 0 Å². The summed E-state index contributed by atoms with van der Waals surface area (Å²) < 4.78 is 0. The van der Waals surface area contributed by atoms with Gasteiger partial charge in [0.05, 0.1) is 0 Å². The van der Waals surface area contributed by atoms with Gasteiger partial charge in [-0.15, -0.1) is 0 Å². The zero-order valence-corrected chi connectivity index (χ0v) is 12.6. The van der Waals surface area contributed by atoms with Gasteiger partial charge in [-0.05, 0) is 48.6 Å². The van der Waals surface area contributed by atoms with Gasteiger partial charge in [0, 0.05) is 32.0 Å². The maximum Gasteiger partial charge on any atom is 0.231 e. The van der Waals surface area contributed by atoms with E-state index in [0.29, 0.717) is 18.4 Å². The normalized spacial score (nSPS) is 14.5. The summed E-state index contributed by atoms with van der Waals surface area (Å²) in [6.07, 6.45) is 5.96. The SMILES string of the molecule is Cc1cnccc1CNc1nc(Cl)nc(N2CCCC2)n1. The number of hydrogen-bond donors (Lipinski definition) is 1. The topological polar surface area (TPSA) is 66.8 Å². The second-order valence-electron chi connectivity index (χ2n) is 5.08. The number of nitrogens with one attached hydrogen (secondary N) is 1. The minimum Gasteiger partial charge on any atom is -0.350 e. The van der Waals surface area contributed by atoms with Crippen LogP contribution in [0, 0.1) is 6.92 Å². The van der Waals surface area contributed by atoms with Crippen LogP contribution >= 0.6 is 11.6 Å². The van der Waals surface area contributed by atoms with Crippen LogP contribution in [0.3, 0.4) is 0 Å². The van der Waals surface area contributed by atoms with E-state index in [1.807, 2.05) is 19.2 Å². The standard InChI is InChI=1S/C14H17ClN6/c1-10-8-16-5-4-11(10)9-17-13-18-12(15)19-14(20-13)21-6-2-3-7-21/h4-5,8H,2-3,6-7,9H2,1H3,(H,17,18,19,20). The van der Waals surface area contributed by atoms with Gasteiger partial charge in [-0.2, -0.15) is 15.0 Å². The average Bonchev–Trinajstić information content (AvgIpc) is 3.00. The number of nitrogens with zero attached hydrogens (tertiary/aromatic N) is 5. The third-order valence-corrected chi connectivity index (χ3v) is 3.73. The first-order chi connectivity index (χ1) is 10.2. The molecule has 3 heterocycles. The highest BCUT2D eigenvalue weighted by molar-refractivity contribution is 6.28. The van der Waals surface area contributed by atoms with Crippen molar-refractivity contribution in [3.05, 3.63) is 34.9 Å². The summed E-state index contributed by atoms with van der Waals surface area (Å²) in [5, 5.41) is 3.43. The third kappa shape index (κ3) is 3.39. The van der Waals surface area contributed by atoms with Crippen LogP contribution in [0.1, 0.15) is 24.0 Å². The van der Waals surface area contributed by atoms with Gasteiger partial charge >= 0.3 is 0 Å². The van der Waals surface area contributed by atoms with Crippen LogP contribution in [0.25, 0.3) is 0 Å². The molecule has 1 aliphatic heterocycles. The Morgan fingerprint density at radius 2 is 2.05 bits per heavy atom. The van der Waals surface area contributed by atoms with Crippen molar-refractivity contribution in [2.45, 2.75) is 26.3 Å². The molecule has 0 amide bonds. The quantitative estimate of drug-likeness (QED) is 0.936. The molecule has 1 saturated heterocycles. The molecule has 0 bridgehead atoms. The van der Waals surface area contributed by atoms with Gasteiger partial charge in [0.15, 0.2) is 0 Å². The van der Waals surface area contributed by atoms with Gasteiger partial charge in [0.1, 0.15) is 0 Å². The molecule has 0 aliphatic carbocycles. The molecule has 2 aromatic rings. The second kappa shape index (κ2) is 6.22. The molecule has 0 spiro atoms. The number of pyridine rings is 1. The Bertz CT molecular complexity index is 627. The number of aromatic nitrogens is 4. The molecule has 21 heavy (non-hydrogen) atoms. The molecule has 0 aromatic carbocycles. The van der Waals surface area contributed by atoms with Gasteiger partial charge in [0.2, 0.25) is 17.2 Å². The largest absolute Gasteiger partial charge is 0.350 e. The molecule has 0 unspecified atom stereocenters. The highest BCUT2D eigenvalue weighted by atomic mass is 35.5. The number of rotatable bonds is 4. The fraction of sp³-hybridized carbons (Fsp3) is 0.429. The molecule has 1 N–H and O–H groups in total. The van der Waals surface area contributed by atoms with Gasteiger partial charge in [-0.25, -0.2) is 0 Å². The third-order valence-electron chi connectivity index (χ3n) is 3.56. The first-order valence-corrected chi connectivity index (χ1v) is 7.40. The van der Waals surface area contributed by atoms with Gasteiger partial charge in [-0.3, -0.25) is 4.98 Å². The summed E-state index contributed by atoms with van der Waals surface area (Å²) in [5.41, 5.74) is 2.29. The summed E-state index contributed by atoms with van der Waals surface area (Å²) in [5.74, 6) is 1.16. The average molecular weight is 305 g/mol. The predicted molar refractivity (Wildman–Crippen MR) is 82.6 cm³/mol. The zero-order valence-electron chi connectivity index (χ0n) is 11.9. The summed E-state index contributed by atoms with van der Waals surface area (Å²) in [4.78, 5) is 19.0. The molecule has 1 aliphatic rings. The Balaban J connectivity index is 1.74. The Morgan fingerprint density at radius 1 is 1.24 bits per heavy atom. The van der Waals surface area contributed by atoms with Crippen LogP contribution in [0.5, 0.6) is 0 Å². The number of aryl methyl sites for hydroxylation is 1. The predicted octanol–water partition coefficient (Wildman–Crippen LogP) is 2.44. The van der Waals surface area contributed by atoms with Gasteiger partial charge < -0.3 is 10.2 Å². The second-order valence-corrected chi connectivity index (χ2v) is 5.42. The molecule has 7 heteroatoms. The molecule has 0 atom stereocenters. The van der Waals surface area contributed by atoms with E-state index in [1.165, 1.54) is 12.8 Å². The Morgan fingerprint density at radius 3 is 2.81 bits per heavy atom. The van der Waals surface area contributed by atoms with Crippen LogP contribution in [0.15, 0.2) is 18.5 Å². The van der Waals surface area contributed by atoms with Crippen molar-refractivity contribution in [1.29, 1.82) is 0 Å². The molecule has 6 nitrogen and oxygen atoms in total. The Labute approximate surface area is 128 Å². The lowest BCUT2D eigenvalue weighted by Crippen LogP contribution is -2.21. The van der Waals surface area contributed by atoms with E-state index in [1.54, 1.807) is 6.20 Å². The van der Waals surface area contributed by atoms with E-state index in [9.17, 15) is 0 Å². The van der Waals surface area contributed by atoms with E-state index in [4.69, 9.17) is 11.6 Å². The van der Waals surface area contributed by atoms with Crippen molar-refractivity contribution < 1.29 is 0 Å². The van der Waals surface area contributed by atoms with E-state index in [2.05, 4.69) is 30.2 Å². The van der Waals surface area contributed by atoms with E-state index >= 15 is 0 Å². The molecule has 3 rings (SSSR count). The first kappa shape index (κ1) is 14.0. The zero-order chi connectivity index (χ0) is 14.7. The van der Waals surface area contributed by atoms with Crippen LogP contribution in [0.2, 0.25) is 5.28 Å². The van der Waals surface area contributed by atoms with Gasteiger partial charge in [-0.1, -0.05) is 0 Å². The van der Waals surface area contributed by atoms with Crippen LogP contribution in [-0.4, -0.2) is 33.0 Å². The van der Waals surface area contributed by atoms with Crippen LogP contribution < -0.4 is 10.2 Å². The monoisotopic (exact) mass is 304 g/mol.